The zero-order chi connectivity index (χ0) is 13.0. The number of amides is 1. The summed E-state index contributed by atoms with van der Waals surface area (Å²) in [6, 6.07) is 9.24. The van der Waals surface area contributed by atoms with Crippen LogP contribution in [0.25, 0.3) is 0 Å². The van der Waals surface area contributed by atoms with Crippen LogP contribution >= 0.6 is 11.8 Å². The molecule has 4 nitrogen and oxygen atoms in total. The third-order valence-corrected chi connectivity index (χ3v) is 3.15. The summed E-state index contributed by atoms with van der Waals surface area (Å²) in [7, 11) is 0. The molecule has 2 aromatic rings. The SMILES string of the molecule is CSc1cccc(NC(=O)c2cnccc2N)c1. The van der Waals surface area contributed by atoms with Crippen molar-refractivity contribution >= 4 is 29.0 Å². The number of hydrogen-bond acceptors (Lipinski definition) is 4. The van der Waals surface area contributed by atoms with Gasteiger partial charge < -0.3 is 11.1 Å². The third kappa shape index (κ3) is 2.81. The fraction of sp³-hybridized carbons (Fsp3) is 0.0769. The molecule has 0 radical (unpaired) electrons. The maximum atomic E-state index is 12.0. The van der Waals surface area contributed by atoms with Crippen LogP contribution < -0.4 is 11.1 Å². The highest BCUT2D eigenvalue weighted by Crippen LogP contribution is 2.20. The number of pyridine rings is 1. The highest BCUT2D eigenvalue weighted by molar-refractivity contribution is 7.98. The van der Waals surface area contributed by atoms with E-state index in [0.717, 1.165) is 10.6 Å². The van der Waals surface area contributed by atoms with E-state index in [1.54, 1.807) is 24.0 Å². The molecule has 1 aromatic carbocycles. The number of aromatic nitrogens is 1. The van der Waals surface area contributed by atoms with Gasteiger partial charge in [0.1, 0.15) is 0 Å². The Morgan fingerprint density at radius 3 is 2.94 bits per heavy atom. The lowest BCUT2D eigenvalue weighted by Crippen LogP contribution is -2.14. The molecule has 0 aliphatic heterocycles. The van der Waals surface area contributed by atoms with Gasteiger partial charge in [0, 0.05) is 28.7 Å². The van der Waals surface area contributed by atoms with Gasteiger partial charge in [-0.2, -0.15) is 0 Å². The molecule has 0 aliphatic rings. The van der Waals surface area contributed by atoms with Crippen molar-refractivity contribution < 1.29 is 4.79 Å². The van der Waals surface area contributed by atoms with Gasteiger partial charge in [-0.05, 0) is 30.5 Å². The Hall–Kier alpha value is -2.01. The summed E-state index contributed by atoms with van der Waals surface area (Å²) >= 11 is 1.62. The lowest BCUT2D eigenvalue weighted by Gasteiger charge is -2.07. The van der Waals surface area contributed by atoms with Gasteiger partial charge in [-0.3, -0.25) is 9.78 Å². The van der Waals surface area contributed by atoms with E-state index >= 15 is 0 Å². The van der Waals surface area contributed by atoms with Crippen LogP contribution in [0.3, 0.4) is 0 Å². The molecular weight excluding hydrogens is 246 g/mol. The number of carbonyl (C=O) groups is 1. The number of hydrogen-bond donors (Lipinski definition) is 2. The second kappa shape index (κ2) is 5.55. The molecule has 1 heterocycles. The number of rotatable bonds is 3. The minimum atomic E-state index is -0.251. The van der Waals surface area contributed by atoms with Gasteiger partial charge in [0.05, 0.1) is 5.56 Å². The smallest absolute Gasteiger partial charge is 0.259 e. The monoisotopic (exact) mass is 259 g/mol. The fourth-order valence-electron chi connectivity index (χ4n) is 1.49. The first-order chi connectivity index (χ1) is 8.70. The molecule has 0 atom stereocenters. The summed E-state index contributed by atoms with van der Waals surface area (Å²) in [6.07, 6.45) is 5.00. The van der Waals surface area contributed by atoms with E-state index in [4.69, 9.17) is 5.73 Å². The van der Waals surface area contributed by atoms with E-state index in [9.17, 15) is 4.79 Å². The average Bonchev–Trinajstić information content (AvgIpc) is 2.39. The molecule has 0 fully saturated rings. The third-order valence-electron chi connectivity index (χ3n) is 2.43. The molecular formula is C13H13N3OS. The Labute approximate surface area is 110 Å². The van der Waals surface area contributed by atoms with Crippen molar-refractivity contribution in [3.63, 3.8) is 0 Å². The highest BCUT2D eigenvalue weighted by Gasteiger charge is 2.09. The predicted octanol–water partition coefficient (Wildman–Crippen LogP) is 2.64. The van der Waals surface area contributed by atoms with Gasteiger partial charge >= 0.3 is 0 Å². The predicted molar refractivity (Wildman–Crippen MR) is 74.8 cm³/mol. The maximum absolute atomic E-state index is 12.0. The lowest BCUT2D eigenvalue weighted by atomic mass is 10.2. The Kier molecular flexibility index (Phi) is 3.84. The van der Waals surface area contributed by atoms with Crippen LogP contribution in [-0.4, -0.2) is 17.1 Å². The largest absolute Gasteiger partial charge is 0.398 e. The standard InChI is InChI=1S/C13H13N3OS/c1-18-10-4-2-3-9(7-10)16-13(17)11-8-15-6-5-12(11)14/h2-8H,1H3,(H2,14,15)(H,16,17). The summed E-state index contributed by atoms with van der Waals surface area (Å²) in [5, 5.41) is 2.80. The van der Waals surface area contributed by atoms with Gasteiger partial charge in [0.25, 0.3) is 5.91 Å². The number of nitrogens with one attached hydrogen (secondary N) is 1. The molecule has 0 bridgehead atoms. The van der Waals surface area contributed by atoms with Crippen LogP contribution in [0.5, 0.6) is 0 Å². The minimum Gasteiger partial charge on any atom is -0.398 e. The van der Waals surface area contributed by atoms with Crippen molar-refractivity contribution in [2.24, 2.45) is 0 Å². The van der Waals surface area contributed by atoms with Crippen LogP contribution in [-0.2, 0) is 0 Å². The lowest BCUT2D eigenvalue weighted by molar-refractivity contribution is 0.102. The number of carbonyl (C=O) groups excluding carboxylic acids is 1. The van der Waals surface area contributed by atoms with Crippen LogP contribution in [0.4, 0.5) is 11.4 Å². The molecule has 2 rings (SSSR count). The van der Waals surface area contributed by atoms with Gasteiger partial charge in [-0.1, -0.05) is 6.07 Å². The van der Waals surface area contributed by atoms with E-state index in [1.165, 1.54) is 6.20 Å². The van der Waals surface area contributed by atoms with Gasteiger partial charge in [0.15, 0.2) is 0 Å². The van der Waals surface area contributed by atoms with E-state index in [0.29, 0.717) is 11.3 Å². The van der Waals surface area contributed by atoms with Crippen molar-refractivity contribution in [2.75, 3.05) is 17.3 Å². The molecule has 0 spiro atoms. The Morgan fingerprint density at radius 1 is 1.39 bits per heavy atom. The van der Waals surface area contributed by atoms with Gasteiger partial charge in [-0.25, -0.2) is 0 Å². The van der Waals surface area contributed by atoms with Crippen molar-refractivity contribution in [3.8, 4) is 0 Å². The van der Waals surface area contributed by atoms with Crippen LogP contribution in [0, 0.1) is 0 Å². The van der Waals surface area contributed by atoms with Crippen molar-refractivity contribution in [1.82, 2.24) is 4.98 Å². The van der Waals surface area contributed by atoms with Crippen LogP contribution in [0.2, 0.25) is 0 Å². The zero-order valence-corrected chi connectivity index (χ0v) is 10.7. The van der Waals surface area contributed by atoms with E-state index < -0.39 is 0 Å². The number of nitrogens with zero attached hydrogens (tertiary/aromatic N) is 1. The topological polar surface area (TPSA) is 68.0 Å². The maximum Gasteiger partial charge on any atom is 0.259 e. The van der Waals surface area contributed by atoms with E-state index in [2.05, 4.69) is 10.3 Å². The van der Waals surface area contributed by atoms with Crippen molar-refractivity contribution in [3.05, 3.63) is 48.3 Å². The molecule has 92 valence electrons. The van der Waals surface area contributed by atoms with Gasteiger partial charge in [-0.15, -0.1) is 11.8 Å². The first kappa shape index (κ1) is 12.4. The second-order valence-corrected chi connectivity index (χ2v) is 4.53. The average molecular weight is 259 g/mol. The Morgan fingerprint density at radius 2 is 2.22 bits per heavy atom. The first-order valence-electron chi connectivity index (χ1n) is 5.35. The number of anilines is 2. The van der Waals surface area contributed by atoms with Crippen LogP contribution in [0.15, 0.2) is 47.6 Å². The number of nitrogen functional groups attached to an aromatic ring is 1. The van der Waals surface area contributed by atoms with Crippen molar-refractivity contribution in [2.45, 2.75) is 4.90 Å². The van der Waals surface area contributed by atoms with Crippen molar-refractivity contribution in [1.29, 1.82) is 0 Å². The Bertz CT molecular complexity index is 572. The highest BCUT2D eigenvalue weighted by atomic mass is 32.2. The summed E-state index contributed by atoms with van der Waals surface area (Å²) in [6.45, 7) is 0. The van der Waals surface area contributed by atoms with E-state index in [-0.39, 0.29) is 5.91 Å². The molecule has 0 saturated carbocycles. The first-order valence-corrected chi connectivity index (χ1v) is 6.58. The van der Waals surface area contributed by atoms with E-state index in [1.807, 2.05) is 30.5 Å². The fourth-order valence-corrected chi connectivity index (χ4v) is 1.95. The Balaban J connectivity index is 2.19. The molecule has 0 saturated heterocycles. The normalized spacial score (nSPS) is 10.1. The number of nitrogens with two attached hydrogens (primary N) is 1. The number of thioether (sulfide) groups is 1. The summed E-state index contributed by atoms with van der Waals surface area (Å²) < 4.78 is 0. The molecule has 0 aliphatic carbocycles. The summed E-state index contributed by atoms with van der Waals surface area (Å²) in [4.78, 5) is 17.0. The number of benzene rings is 1. The minimum absolute atomic E-state index is 0.251. The van der Waals surface area contributed by atoms with Gasteiger partial charge in [0.2, 0.25) is 0 Å². The molecule has 1 amide bonds. The summed E-state index contributed by atoms with van der Waals surface area (Å²) in [5.74, 6) is -0.251. The molecule has 5 heteroatoms. The van der Waals surface area contributed by atoms with Crippen LogP contribution in [0.1, 0.15) is 10.4 Å². The zero-order valence-electron chi connectivity index (χ0n) is 9.88. The molecule has 3 N–H and O–H groups in total. The second-order valence-electron chi connectivity index (χ2n) is 3.65. The molecule has 18 heavy (non-hydrogen) atoms. The molecule has 0 unspecified atom stereocenters. The summed E-state index contributed by atoms with van der Waals surface area (Å²) in [5.41, 5.74) is 7.27. The molecule has 1 aromatic heterocycles. The quantitative estimate of drug-likeness (QED) is 0.831.